The summed E-state index contributed by atoms with van der Waals surface area (Å²) in [6.07, 6.45) is -14.7. The average Bonchev–Trinajstić information content (AvgIpc) is 0.802. The Morgan fingerprint density at radius 1 is 0.522 bits per heavy atom. The number of rotatable bonds is 17. The molecule has 1 saturated carbocycles. The van der Waals surface area contributed by atoms with Crippen molar-refractivity contribution in [2.45, 2.75) is 224 Å². The van der Waals surface area contributed by atoms with Crippen LogP contribution in [0.15, 0.2) is 91.0 Å². The first-order chi connectivity index (χ1) is 42.4. The van der Waals surface area contributed by atoms with Crippen molar-refractivity contribution in [2.24, 2.45) is 0 Å². The SMILES string of the molecule is CSC(=S)O[C@@H]1[C@@H](O[C@H]2O[C@@H]3CO[C@@H](c4ccccc4)O[C@H]3[C@H](NC(=O)OCc3ccccc3)[C@H]2NC(=O)OC(C)(C)C)[C@H](NC(=O)OCc2ccccc2)C[C@H](NC(=O)OC(C)(C)C)[C@H]1O[C@H]1O[C@H](CNC(=O)OC(C)(C)C)CC[C@H]1NC(=O)OC(C)(C)C. The molecule has 3 aliphatic heterocycles. The summed E-state index contributed by atoms with van der Waals surface area (Å²) < 4.78 is 82.2. The molecule has 27 heteroatoms. The van der Waals surface area contributed by atoms with E-state index in [1.807, 2.05) is 42.5 Å². The van der Waals surface area contributed by atoms with Crippen LogP contribution in [-0.4, -0.2) is 162 Å². The number of thiocarbonyl (C=S) groups is 1. The van der Waals surface area contributed by atoms with Crippen LogP contribution in [0.3, 0.4) is 0 Å². The summed E-state index contributed by atoms with van der Waals surface area (Å²) in [5.41, 5.74) is -1.79. The summed E-state index contributed by atoms with van der Waals surface area (Å²) in [7, 11) is 0. The van der Waals surface area contributed by atoms with Crippen molar-refractivity contribution in [1.29, 1.82) is 0 Å². The van der Waals surface area contributed by atoms with Gasteiger partial charge in [0.25, 0.3) is 0 Å². The molecule has 6 N–H and O–H groups in total. The van der Waals surface area contributed by atoms with Crippen LogP contribution < -0.4 is 31.9 Å². The molecular weight excluding hydrogens is 1210 g/mol. The zero-order valence-corrected chi connectivity index (χ0v) is 54.9. The van der Waals surface area contributed by atoms with Crippen LogP contribution in [0.5, 0.6) is 0 Å². The van der Waals surface area contributed by atoms with Gasteiger partial charge in [0.05, 0.1) is 36.9 Å². The number of thioether (sulfide) groups is 1. The number of hydrogen-bond acceptors (Lipinski definition) is 21. The van der Waals surface area contributed by atoms with Gasteiger partial charge in [0, 0.05) is 12.1 Å². The molecule has 14 atom stereocenters. The van der Waals surface area contributed by atoms with Crippen LogP contribution in [0.25, 0.3) is 0 Å². The van der Waals surface area contributed by atoms with E-state index in [1.165, 1.54) is 0 Å². The Bertz CT molecular complexity index is 2860. The molecular formula is C63H88N6O19S2. The molecule has 0 unspecified atom stereocenters. The number of fused-ring (bicyclic) bond motifs is 1. The Labute approximate surface area is 535 Å². The van der Waals surface area contributed by atoms with Gasteiger partial charge in [-0.05, 0) is 132 Å². The third-order valence-corrected chi connectivity index (χ3v) is 14.9. The van der Waals surface area contributed by atoms with Crippen LogP contribution in [0.1, 0.15) is 125 Å². The van der Waals surface area contributed by atoms with Crippen LogP contribution in [-0.2, 0) is 74.8 Å². The molecule has 496 valence electrons. The predicted octanol–water partition coefficient (Wildman–Crippen LogP) is 9.33. The summed E-state index contributed by atoms with van der Waals surface area (Å²) in [6, 6.07) is 20.9. The van der Waals surface area contributed by atoms with Crippen molar-refractivity contribution in [2.75, 3.05) is 19.4 Å². The predicted molar refractivity (Wildman–Crippen MR) is 333 cm³/mol. The number of carbonyl (C=O) groups is 6. The van der Waals surface area contributed by atoms with Crippen LogP contribution >= 0.6 is 24.0 Å². The fourth-order valence-electron chi connectivity index (χ4n) is 10.2. The van der Waals surface area contributed by atoms with Crippen LogP contribution in [0, 0.1) is 0 Å². The number of hydrogen-bond donors (Lipinski definition) is 6. The molecule has 7 rings (SSSR count). The molecule has 0 radical (unpaired) electrons. The second kappa shape index (κ2) is 31.5. The first kappa shape index (κ1) is 70.7. The number of carbonyl (C=O) groups excluding carboxylic acids is 6. The number of benzene rings is 3. The highest BCUT2D eigenvalue weighted by atomic mass is 32.2. The van der Waals surface area contributed by atoms with E-state index in [0.29, 0.717) is 23.1 Å². The molecule has 4 fully saturated rings. The largest absolute Gasteiger partial charge is 0.470 e. The minimum absolute atomic E-state index is 0.0563. The van der Waals surface area contributed by atoms with E-state index in [-0.39, 0.29) is 43.6 Å². The lowest BCUT2D eigenvalue weighted by atomic mass is 9.83. The zero-order valence-electron chi connectivity index (χ0n) is 53.3. The Morgan fingerprint density at radius 2 is 0.978 bits per heavy atom. The van der Waals surface area contributed by atoms with Gasteiger partial charge in [0.1, 0.15) is 66.1 Å². The van der Waals surface area contributed by atoms with E-state index in [1.54, 1.807) is 138 Å². The summed E-state index contributed by atoms with van der Waals surface area (Å²) in [6.45, 7) is 19.9. The van der Waals surface area contributed by atoms with Crippen molar-refractivity contribution in [1.82, 2.24) is 31.9 Å². The van der Waals surface area contributed by atoms with Crippen LogP contribution in [0.4, 0.5) is 28.8 Å². The van der Waals surface area contributed by atoms with E-state index in [0.717, 1.165) is 11.8 Å². The fourth-order valence-corrected chi connectivity index (χ4v) is 10.5. The monoisotopic (exact) mass is 1300 g/mol. The number of nitrogens with one attached hydrogen (secondary N) is 6. The van der Waals surface area contributed by atoms with E-state index in [2.05, 4.69) is 31.9 Å². The maximum atomic E-state index is 14.4. The minimum Gasteiger partial charge on any atom is -0.470 e. The van der Waals surface area contributed by atoms with Gasteiger partial charge < -0.3 is 93.5 Å². The van der Waals surface area contributed by atoms with Crippen molar-refractivity contribution >= 4 is 64.9 Å². The van der Waals surface area contributed by atoms with Crippen molar-refractivity contribution in [3.63, 3.8) is 0 Å². The molecule has 25 nitrogen and oxygen atoms in total. The number of ether oxygens (including phenoxy) is 13. The molecule has 6 amide bonds. The quantitative estimate of drug-likeness (QED) is 0.0542. The highest BCUT2D eigenvalue weighted by Crippen LogP contribution is 2.39. The van der Waals surface area contributed by atoms with Gasteiger partial charge in [-0.3, -0.25) is 0 Å². The summed E-state index contributed by atoms with van der Waals surface area (Å²) in [4.78, 5) is 84.0. The van der Waals surface area contributed by atoms with E-state index in [4.69, 9.17) is 73.8 Å². The van der Waals surface area contributed by atoms with Gasteiger partial charge in [-0.25, -0.2) is 28.8 Å². The third-order valence-electron chi connectivity index (χ3n) is 13.8. The minimum atomic E-state index is -1.66. The van der Waals surface area contributed by atoms with E-state index in [9.17, 15) is 28.8 Å². The molecule has 90 heavy (non-hydrogen) atoms. The zero-order chi connectivity index (χ0) is 65.6. The third kappa shape index (κ3) is 22.6. The lowest BCUT2D eigenvalue weighted by Gasteiger charge is -2.52. The number of amides is 6. The highest BCUT2D eigenvalue weighted by molar-refractivity contribution is 8.22. The normalized spacial score (nSPS) is 26.9. The maximum Gasteiger partial charge on any atom is 0.408 e. The van der Waals surface area contributed by atoms with Crippen molar-refractivity contribution < 1.29 is 90.3 Å². The maximum absolute atomic E-state index is 14.4. The molecule has 3 aromatic carbocycles. The Balaban J connectivity index is 1.36. The van der Waals surface area contributed by atoms with Gasteiger partial charge >= 0.3 is 36.6 Å². The molecule has 4 aliphatic rings. The summed E-state index contributed by atoms with van der Waals surface area (Å²) >= 11 is 6.89. The number of alkyl carbamates (subject to hydrolysis) is 6. The standard InChI is InChI=1S/C63H88N6O19S2/c1-60(2,3)85-53(70)64-32-39-29-30-40(65-56(73)86-61(4,5)6)51(79-39)81-46-42(67-57(74)87-62(7,8)9)31-41(66-54(71)77-33-36-23-17-14-18-24-36)47(49(46)84-59(89)90-13)82-52-45(69-58(75)88-63(10,11)12)44(68-55(72)78-34-37-25-19-15-20-26-37)48-43(80-52)35-76-50(83-48)38-27-21-16-22-28-38/h14-28,39-52H,29-35H2,1-13H3,(H,64,70)(H,65,73)(H,66,71)(H,67,74)(H,68,72)(H,69,75)/t39-,40+,41+,42-,43+,44+,45+,46+,47-,48+,49-,50+,51+,52+/m0/s1. The van der Waals surface area contributed by atoms with Gasteiger partial charge in [0.2, 0.25) is 4.38 Å². The molecule has 3 aromatic rings. The van der Waals surface area contributed by atoms with E-state index < -0.39 is 145 Å². The Kier molecular flexibility index (Phi) is 24.8. The van der Waals surface area contributed by atoms with E-state index >= 15 is 0 Å². The van der Waals surface area contributed by atoms with Crippen molar-refractivity contribution in [3.8, 4) is 0 Å². The second-order valence-corrected chi connectivity index (χ2v) is 27.4. The molecule has 0 spiro atoms. The molecule has 0 bridgehead atoms. The van der Waals surface area contributed by atoms with Gasteiger partial charge in [-0.2, -0.15) is 0 Å². The Hall–Kier alpha value is -6.72. The van der Waals surface area contributed by atoms with Gasteiger partial charge in [-0.1, -0.05) is 103 Å². The summed E-state index contributed by atoms with van der Waals surface area (Å²) in [5, 5.41) is 17.4. The van der Waals surface area contributed by atoms with Gasteiger partial charge in [0.15, 0.2) is 25.0 Å². The molecule has 3 saturated heterocycles. The molecule has 1 aliphatic carbocycles. The Morgan fingerprint density at radius 3 is 1.50 bits per heavy atom. The molecule has 0 aromatic heterocycles. The highest BCUT2D eigenvalue weighted by Gasteiger charge is 2.57. The first-order valence-electron chi connectivity index (χ1n) is 30.0. The molecule has 3 heterocycles. The smallest absolute Gasteiger partial charge is 0.408 e. The van der Waals surface area contributed by atoms with Crippen LogP contribution in [0.2, 0.25) is 0 Å². The second-order valence-electron chi connectivity index (χ2n) is 26.0. The fraction of sp³-hybridized carbons (Fsp3) is 0.603. The van der Waals surface area contributed by atoms with Gasteiger partial charge in [-0.15, -0.1) is 0 Å². The first-order valence-corrected chi connectivity index (χ1v) is 31.6. The lowest BCUT2D eigenvalue weighted by molar-refractivity contribution is -0.342. The summed E-state index contributed by atoms with van der Waals surface area (Å²) in [5.74, 6) is 0. The lowest BCUT2D eigenvalue weighted by Crippen LogP contribution is -2.73. The van der Waals surface area contributed by atoms with Crippen molar-refractivity contribution in [3.05, 3.63) is 108 Å². The average molecular weight is 1300 g/mol. The topological polar surface area (TPSA) is 295 Å².